The van der Waals surface area contributed by atoms with Crippen molar-refractivity contribution in [1.29, 1.82) is 0 Å². The minimum atomic E-state index is -0.433. The summed E-state index contributed by atoms with van der Waals surface area (Å²) in [7, 11) is 0. The highest BCUT2D eigenvalue weighted by molar-refractivity contribution is 5.95. The van der Waals surface area contributed by atoms with Crippen molar-refractivity contribution in [3.05, 3.63) is 0 Å². The van der Waals surface area contributed by atoms with Gasteiger partial charge < -0.3 is 10.6 Å². The molecule has 22 heavy (non-hydrogen) atoms. The third-order valence-electron chi connectivity index (χ3n) is 4.76. The maximum Gasteiger partial charge on any atom is 0.321 e. The molecule has 3 atom stereocenters. The maximum atomic E-state index is 11.9. The number of hydrogen-bond acceptors (Lipinski definition) is 4. The van der Waals surface area contributed by atoms with E-state index in [1.54, 1.807) is 4.90 Å². The normalized spacial score (nSPS) is 29.5. The standard InChI is InChI=1S/C15H26N4O3/c1-10-4-3-5-12(11(10)2)17-15(22)18-14(21)9-19-7-6-16-13(20)8-19/h10-12H,3-9H2,1-2H3,(H,16,20)(H2,17,18,21,22)/t10-,11-,12-/m1/s1. The number of piperazine rings is 1. The van der Waals surface area contributed by atoms with Crippen molar-refractivity contribution in [3.8, 4) is 0 Å². The van der Waals surface area contributed by atoms with E-state index in [0.717, 1.165) is 12.8 Å². The molecule has 7 nitrogen and oxygen atoms in total. The molecular formula is C15H26N4O3. The van der Waals surface area contributed by atoms with Crippen molar-refractivity contribution in [2.24, 2.45) is 11.8 Å². The van der Waals surface area contributed by atoms with E-state index < -0.39 is 6.03 Å². The smallest absolute Gasteiger partial charge is 0.321 e. The molecule has 0 aromatic heterocycles. The van der Waals surface area contributed by atoms with E-state index in [9.17, 15) is 14.4 Å². The zero-order chi connectivity index (χ0) is 16.1. The topological polar surface area (TPSA) is 90.5 Å². The Morgan fingerprint density at radius 1 is 1.32 bits per heavy atom. The van der Waals surface area contributed by atoms with Gasteiger partial charge in [0.1, 0.15) is 0 Å². The van der Waals surface area contributed by atoms with Crippen LogP contribution in [0.15, 0.2) is 0 Å². The lowest BCUT2D eigenvalue weighted by Crippen LogP contribution is -2.53. The van der Waals surface area contributed by atoms with Crippen molar-refractivity contribution < 1.29 is 14.4 Å². The van der Waals surface area contributed by atoms with Crippen LogP contribution in [0.1, 0.15) is 33.1 Å². The molecule has 1 saturated heterocycles. The van der Waals surface area contributed by atoms with E-state index in [4.69, 9.17) is 0 Å². The molecule has 3 N–H and O–H groups in total. The summed E-state index contributed by atoms with van der Waals surface area (Å²) in [5.74, 6) is 0.541. The van der Waals surface area contributed by atoms with Gasteiger partial charge in [-0.05, 0) is 18.3 Å². The Labute approximate surface area is 131 Å². The quantitative estimate of drug-likeness (QED) is 0.688. The van der Waals surface area contributed by atoms with Gasteiger partial charge in [0.05, 0.1) is 13.1 Å². The Kier molecular flexibility index (Phi) is 5.76. The van der Waals surface area contributed by atoms with Crippen molar-refractivity contribution in [3.63, 3.8) is 0 Å². The Bertz CT molecular complexity index is 441. The first kappa shape index (κ1) is 16.7. The molecular weight excluding hydrogens is 284 g/mol. The van der Waals surface area contributed by atoms with Gasteiger partial charge in [0, 0.05) is 19.1 Å². The first-order valence-corrected chi connectivity index (χ1v) is 8.05. The van der Waals surface area contributed by atoms with Crippen LogP contribution in [0.4, 0.5) is 4.79 Å². The second-order valence-corrected chi connectivity index (χ2v) is 6.46. The van der Waals surface area contributed by atoms with Crippen LogP contribution >= 0.6 is 0 Å². The lowest BCUT2D eigenvalue weighted by atomic mass is 9.78. The number of imide groups is 1. The van der Waals surface area contributed by atoms with Crippen LogP contribution in [0.25, 0.3) is 0 Å². The summed E-state index contributed by atoms with van der Waals surface area (Å²) < 4.78 is 0. The van der Waals surface area contributed by atoms with Gasteiger partial charge in [-0.3, -0.25) is 19.8 Å². The fourth-order valence-corrected chi connectivity index (χ4v) is 3.19. The van der Waals surface area contributed by atoms with Gasteiger partial charge in [-0.2, -0.15) is 0 Å². The maximum absolute atomic E-state index is 11.9. The van der Waals surface area contributed by atoms with Crippen LogP contribution in [0.2, 0.25) is 0 Å². The number of nitrogens with one attached hydrogen (secondary N) is 3. The monoisotopic (exact) mass is 310 g/mol. The summed E-state index contributed by atoms with van der Waals surface area (Å²) >= 11 is 0. The molecule has 0 bridgehead atoms. The van der Waals surface area contributed by atoms with Gasteiger partial charge in [0.25, 0.3) is 0 Å². The molecule has 2 aliphatic rings. The lowest BCUT2D eigenvalue weighted by Gasteiger charge is -2.34. The zero-order valence-corrected chi connectivity index (χ0v) is 13.4. The third kappa shape index (κ3) is 4.69. The molecule has 124 valence electrons. The Morgan fingerprint density at radius 2 is 2.09 bits per heavy atom. The number of urea groups is 1. The molecule has 0 radical (unpaired) electrons. The largest absolute Gasteiger partial charge is 0.354 e. The van der Waals surface area contributed by atoms with E-state index in [0.29, 0.717) is 24.9 Å². The predicted molar refractivity (Wildman–Crippen MR) is 82.1 cm³/mol. The Balaban J connectivity index is 1.74. The first-order chi connectivity index (χ1) is 10.5. The number of hydrogen-bond donors (Lipinski definition) is 3. The third-order valence-corrected chi connectivity index (χ3v) is 4.76. The van der Waals surface area contributed by atoms with Crippen molar-refractivity contribution in [2.75, 3.05) is 26.2 Å². The van der Waals surface area contributed by atoms with Gasteiger partial charge >= 0.3 is 6.03 Å². The Hall–Kier alpha value is -1.63. The van der Waals surface area contributed by atoms with Crippen LogP contribution in [-0.2, 0) is 9.59 Å². The van der Waals surface area contributed by atoms with Crippen LogP contribution < -0.4 is 16.0 Å². The summed E-state index contributed by atoms with van der Waals surface area (Å²) in [5.41, 5.74) is 0. The fourth-order valence-electron chi connectivity index (χ4n) is 3.19. The van der Waals surface area contributed by atoms with Crippen LogP contribution in [-0.4, -0.2) is 55.0 Å². The van der Waals surface area contributed by atoms with Crippen molar-refractivity contribution in [1.82, 2.24) is 20.9 Å². The number of rotatable bonds is 3. The van der Waals surface area contributed by atoms with Crippen LogP contribution in [0.3, 0.4) is 0 Å². The predicted octanol–water partition coefficient (Wildman–Crippen LogP) is 0.0687. The molecule has 7 heteroatoms. The van der Waals surface area contributed by atoms with Crippen molar-refractivity contribution >= 4 is 17.8 Å². The molecule has 1 aliphatic carbocycles. The lowest BCUT2D eigenvalue weighted by molar-refractivity contribution is -0.126. The van der Waals surface area contributed by atoms with E-state index in [1.165, 1.54) is 6.42 Å². The second-order valence-electron chi connectivity index (χ2n) is 6.46. The molecule has 2 rings (SSSR count). The summed E-state index contributed by atoms with van der Waals surface area (Å²) in [6, 6.07) is -0.310. The van der Waals surface area contributed by atoms with Gasteiger partial charge in [-0.1, -0.05) is 26.7 Å². The average Bonchev–Trinajstić information content (AvgIpc) is 2.43. The molecule has 0 spiro atoms. The average molecular weight is 310 g/mol. The van der Waals surface area contributed by atoms with Crippen LogP contribution in [0.5, 0.6) is 0 Å². The summed E-state index contributed by atoms with van der Waals surface area (Å²) in [6.07, 6.45) is 3.25. The number of amides is 4. The number of carbonyl (C=O) groups is 3. The minimum Gasteiger partial charge on any atom is -0.354 e. The highest BCUT2D eigenvalue weighted by Crippen LogP contribution is 2.29. The zero-order valence-electron chi connectivity index (χ0n) is 13.4. The highest BCUT2D eigenvalue weighted by Gasteiger charge is 2.28. The number of carbonyl (C=O) groups excluding carboxylic acids is 3. The molecule has 4 amide bonds. The number of nitrogens with zero attached hydrogens (tertiary/aromatic N) is 1. The molecule has 2 fully saturated rings. The molecule has 1 heterocycles. The SMILES string of the molecule is C[C@@H]1[C@H](C)CCC[C@H]1NC(=O)NC(=O)CN1CCNC(=O)C1. The van der Waals surface area contributed by atoms with Gasteiger partial charge in [0.15, 0.2) is 0 Å². The summed E-state index contributed by atoms with van der Waals surface area (Å²) in [4.78, 5) is 36.8. The molecule has 0 unspecified atom stereocenters. The minimum absolute atomic E-state index is 0.0669. The molecule has 0 aromatic carbocycles. The van der Waals surface area contributed by atoms with E-state index >= 15 is 0 Å². The van der Waals surface area contributed by atoms with Gasteiger partial charge in [-0.15, -0.1) is 0 Å². The van der Waals surface area contributed by atoms with Gasteiger partial charge in [-0.25, -0.2) is 4.79 Å². The van der Waals surface area contributed by atoms with E-state index in [1.807, 2.05) is 0 Å². The fraction of sp³-hybridized carbons (Fsp3) is 0.800. The highest BCUT2D eigenvalue weighted by atomic mass is 16.2. The molecule has 1 aliphatic heterocycles. The van der Waals surface area contributed by atoms with E-state index in [-0.39, 0.29) is 30.9 Å². The van der Waals surface area contributed by atoms with Crippen LogP contribution in [0, 0.1) is 11.8 Å². The first-order valence-electron chi connectivity index (χ1n) is 8.05. The molecule has 0 aromatic rings. The second kappa shape index (κ2) is 7.58. The van der Waals surface area contributed by atoms with E-state index in [2.05, 4.69) is 29.8 Å². The van der Waals surface area contributed by atoms with Gasteiger partial charge in [0.2, 0.25) is 11.8 Å². The molecule has 1 saturated carbocycles. The summed E-state index contributed by atoms with van der Waals surface area (Å²) in [5, 5.41) is 7.97. The summed E-state index contributed by atoms with van der Waals surface area (Å²) in [6.45, 7) is 5.77. The van der Waals surface area contributed by atoms with Crippen molar-refractivity contribution in [2.45, 2.75) is 39.2 Å². The Morgan fingerprint density at radius 3 is 2.82 bits per heavy atom.